The van der Waals surface area contributed by atoms with E-state index in [9.17, 15) is 18.8 Å². The van der Waals surface area contributed by atoms with E-state index < -0.39 is 17.7 Å². The molecular formula is C21H21FN2O4. The molecule has 1 atom stereocenters. The smallest absolute Gasteiger partial charge is 0.340 e. The zero-order valence-corrected chi connectivity index (χ0v) is 15.5. The summed E-state index contributed by atoms with van der Waals surface area (Å²) >= 11 is 0. The molecule has 1 unspecified atom stereocenters. The molecule has 0 spiro atoms. The van der Waals surface area contributed by atoms with Gasteiger partial charge in [0.2, 0.25) is 11.8 Å². The molecule has 0 bridgehead atoms. The summed E-state index contributed by atoms with van der Waals surface area (Å²) in [4.78, 5) is 38.5. The summed E-state index contributed by atoms with van der Waals surface area (Å²) in [6.07, 6.45) is 0.0280. The molecule has 1 aliphatic rings. The number of para-hydroxylation sites is 1. The van der Waals surface area contributed by atoms with Gasteiger partial charge in [0.1, 0.15) is 5.82 Å². The number of hydrogen-bond acceptors (Lipinski definition) is 4. The summed E-state index contributed by atoms with van der Waals surface area (Å²) < 4.78 is 18.7. The number of halogens is 1. The van der Waals surface area contributed by atoms with Crippen LogP contribution < -0.4 is 10.2 Å². The molecular weight excluding hydrogens is 363 g/mol. The molecule has 2 aromatic rings. The third kappa shape index (κ3) is 4.19. The van der Waals surface area contributed by atoms with Crippen molar-refractivity contribution in [2.75, 3.05) is 18.1 Å². The molecule has 28 heavy (non-hydrogen) atoms. The van der Waals surface area contributed by atoms with Crippen LogP contribution in [0.3, 0.4) is 0 Å². The lowest BCUT2D eigenvalue weighted by atomic mass is 10.1. The highest BCUT2D eigenvalue weighted by atomic mass is 19.1. The van der Waals surface area contributed by atoms with Crippen molar-refractivity contribution in [3.63, 3.8) is 0 Å². The van der Waals surface area contributed by atoms with Crippen molar-refractivity contribution in [3.8, 4) is 0 Å². The Morgan fingerprint density at radius 1 is 1.18 bits per heavy atom. The summed E-state index contributed by atoms with van der Waals surface area (Å²) in [5, 5.41) is 2.68. The normalized spacial score (nSPS) is 16.1. The van der Waals surface area contributed by atoms with Crippen molar-refractivity contribution in [1.82, 2.24) is 5.32 Å². The number of rotatable bonds is 6. The quantitative estimate of drug-likeness (QED) is 0.777. The van der Waals surface area contributed by atoms with Gasteiger partial charge in [0.05, 0.1) is 23.8 Å². The van der Waals surface area contributed by atoms with Gasteiger partial charge >= 0.3 is 5.97 Å². The number of esters is 1. The number of carbonyl (C=O) groups excluding carboxylic acids is 3. The van der Waals surface area contributed by atoms with Crippen LogP contribution in [-0.2, 0) is 20.9 Å². The van der Waals surface area contributed by atoms with E-state index in [2.05, 4.69) is 5.32 Å². The van der Waals surface area contributed by atoms with Crippen molar-refractivity contribution >= 4 is 23.5 Å². The minimum absolute atomic E-state index is 0.0280. The van der Waals surface area contributed by atoms with E-state index in [-0.39, 0.29) is 43.5 Å². The Morgan fingerprint density at radius 3 is 2.64 bits per heavy atom. The Morgan fingerprint density at radius 2 is 1.89 bits per heavy atom. The minimum Gasteiger partial charge on any atom is -0.462 e. The Hall–Kier alpha value is -3.22. The number of benzene rings is 2. The lowest BCUT2D eigenvalue weighted by molar-refractivity contribution is -0.126. The van der Waals surface area contributed by atoms with E-state index in [1.54, 1.807) is 49.4 Å². The van der Waals surface area contributed by atoms with Crippen molar-refractivity contribution < 1.29 is 23.5 Å². The van der Waals surface area contributed by atoms with E-state index in [0.29, 0.717) is 11.3 Å². The lowest BCUT2D eigenvalue weighted by Gasteiger charge is -2.19. The second-order valence-corrected chi connectivity index (χ2v) is 6.45. The second-order valence-electron chi connectivity index (χ2n) is 6.45. The third-order valence-electron chi connectivity index (χ3n) is 4.60. The summed E-state index contributed by atoms with van der Waals surface area (Å²) in [7, 11) is 0. The van der Waals surface area contributed by atoms with Crippen LogP contribution in [0.4, 0.5) is 10.1 Å². The lowest BCUT2D eigenvalue weighted by Crippen LogP contribution is -2.33. The fourth-order valence-corrected chi connectivity index (χ4v) is 3.17. The highest BCUT2D eigenvalue weighted by molar-refractivity contribution is 6.05. The highest BCUT2D eigenvalue weighted by Gasteiger charge is 2.36. The predicted octanol–water partition coefficient (Wildman–Crippen LogP) is 2.67. The number of nitrogens with zero attached hydrogens (tertiary/aromatic N) is 1. The van der Waals surface area contributed by atoms with Gasteiger partial charge < -0.3 is 15.0 Å². The number of carbonyl (C=O) groups is 3. The number of amides is 2. The minimum atomic E-state index is -0.575. The standard InChI is InChI=1S/C21H21FN2O4/c1-2-28-21(27)16-8-4-6-10-18(16)24-13-15(11-19(24)25)20(26)23-12-14-7-3-5-9-17(14)22/h3-10,15H,2,11-13H2,1H3,(H,23,26). The number of ether oxygens (including phenoxy) is 1. The third-order valence-corrected chi connectivity index (χ3v) is 4.60. The van der Waals surface area contributed by atoms with Crippen LogP contribution in [0.25, 0.3) is 0 Å². The number of nitrogens with one attached hydrogen (secondary N) is 1. The molecule has 1 N–H and O–H groups in total. The largest absolute Gasteiger partial charge is 0.462 e. The fourth-order valence-electron chi connectivity index (χ4n) is 3.17. The van der Waals surface area contributed by atoms with Gasteiger partial charge in [-0.05, 0) is 25.1 Å². The summed E-state index contributed by atoms with van der Waals surface area (Å²) in [6.45, 7) is 2.13. The first-order valence-electron chi connectivity index (χ1n) is 9.09. The molecule has 6 nitrogen and oxygen atoms in total. The molecule has 2 amide bonds. The molecule has 1 aliphatic heterocycles. The van der Waals surface area contributed by atoms with Crippen LogP contribution >= 0.6 is 0 Å². The molecule has 0 aromatic heterocycles. The highest BCUT2D eigenvalue weighted by Crippen LogP contribution is 2.29. The van der Waals surface area contributed by atoms with Gasteiger partial charge in [-0.2, -0.15) is 0 Å². The van der Waals surface area contributed by atoms with Crippen LogP contribution in [0, 0.1) is 11.7 Å². The molecule has 1 saturated heterocycles. The molecule has 1 fully saturated rings. The van der Waals surface area contributed by atoms with Gasteiger partial charge in [0, 0.05) is 25.1 Å². The second kappa shape index (κ2) is 8.65. The first kappa shape index (κ1) is 19.5. The van der Waals surface area contributed by atoms with E-state index in [4.69, 9.17) is 4.74 Å². The molecule has 0 aliphatic carbocycles. The average Bonchev–Trinajstić information content (AvgIpc) is 3.09. The fraction of sp³-hybridized carbons (Fsp3) is 0.286. The van der Waals surface area contributed by atoms with E-state index >= 15 is 0 Å². The van der Waals surface area contributed by atoms with E-state index in [1.807, 2.05) is 0 Å². The SMILES string of the molecule is CCOC(=O)c1ccccc1N1CC(C(=O)NCc2ccccc2F)CC1=O. The van der Waals surface area contributed by atoms with Crippen LogP contribution in [0.1, 0.15) is 29.3 Å². The maximum Gasteiger partial charge on any atom is 0.340 e. The molecule has 7 heteroatoms. The molecule has 3 rings (SSSR count). The van der Waals surface area contributed by atoms with Crippen molar-refractivity contribution in [1.29, 1.82) is 0 Å². The van der Waals surface area contributed by atoms with Crippen LogP contribution in [0.5, 0.6) is 0 Å². The average molecular weight is 384 g/mol. The van der Waals surface area contributed by atoms with Gasteiger partial charge in [0.25, 0.3) is 0 Å². The Kier molecular flexibility index (Phi) is 6.03. The molecule has 2 aromatic carbocycles. The van der Waals surface area contributed by atoms with Gasteiger partial charge in [-0.1, -0.05) is 30.3 Å². The van der Waals surface area contributed by atoms with Gasteiger partial charge in [0.15, 0.2) is 0 Å². The van der Waals surface area contributed by atoms with Crippen LogP contribution in [-0.4, -0.2) is 30.9 Å². The Balaban J connectivity index is 1.69. The summed E-state index contributed by atoms with van der Waals surface area (Å²) in [5.74, 6) is -2.06. The van der Waals surface area contributed by atoms with Crippen molar-refractivity contribution in [2.45, 2.75) is 19.9 Å². The van der Waals surface area contributed by atoms with Crippen molar-refractivity contribution in [3.05, 3.63) is 65.5 Å². The summed E-state index contributed by atoms with van der Waals surface area (Å²) in [5.41, 5.74) is 1.09. The van der Waals surface area contributed by atoms with E-state index in [1.165, 1.54) is 11.0 Å². The van der Waals surface area contributed by atoms with E-state index in [0.717, 1.165) is 0 Å². The van der Waals surface area contributed by atoms with Gasteiger partial charge in [-0.25, -0.2) is 9.18 Å². The maximum absolute atomic E-state index is 13.7. The predicted molar refractivity (Wildman–Crippen MR) is 101 cm³/mol. The van der Waals surface area contributed by atoms with Gasteiger partial charge in [-0.3, -0.25) is 9.59 Å². The maximum atomic E-state index is 13.7. The summed E-state index contributed by atoms with van der Waals surface area (Å²) in [6, 6.07) is 12.8. The molecule has 0 saturated carbocycles. The van der Waals surface area contributed by atoms with Gasteiger partial charge in [-0.15, -0.1) is 0 Å². The Labute approximate surface area is 162 Å². The zero-order chi connectivity index (χ0) is 20.1. The van der Waals surface area contributed by atoms with Crippen LogP contribution in [0.15, 0.2) is 48.5 Å². The molecule has 0 radical (unpaired) electrons. The monoisotopic (exact) mass is 384 g/mol. The number of hydrogen-bond donors (Lipinski definition) is 1. The first-order valence-corrected chi connectivity index (χ1v) is 9.09. The molecule has 146 valence electrons. The molecule has 1 heterocycles. The number of anilines is 1. The van der Waals surface area contributed by atoms with Crippen LogP contribution in [0.2, 0.25) is 0 Å². The topological polar surface area (TPSA) is 75.7 Å². The Bertz CT molecular complexity index is 899. The zero-order valence-electron chi connectivity index (χ0n) is 15.5. The van der Waals surface area contributed by atoms with Crippen molar-refractivity contribution in [2.24, 2.45) is 5.92 Å². The first-order chi connectivity index (χ1) is 13.5.